The van der Waals surface area contributed by atoms with Crippen molar-refractivity contribution in [2.45, 2.75) is 37.1 Å². The van der Waals surface area contributed by atoms with Gasteiger partial charge in [0.1, 0.15) is 60.8 Å². The van der Waals surface area contributed by atoms with Gasteiger partial charge in [-0.15, -0.1) is 0 Å². The number of hydrogen-bond donors (Lipinski definition) is 5. The number of carboxylic acids is 1. The molecule has 0 radical (unpaired) electrons. The number of carboxylic acid groups (broad SMARTS) is 1. The van der Waals surface area contributed by atoms with E-state index in [1.807, 2.05) is 0 Å². The van der Waals surface area contributed by atoms with Crippen molar-refractivity contribution >= 4 is 22.9 Å². The minimum Gasteiger partial charge on any atom is -0.508 e. The summed E-state index contributed by atoms with van der Waals surface area (Å²) in [5.41, 5.74) is 0.652. The van der Waals surface area contributed by atoms with Crippen LogP contribution in [-0.2, 0) is 19.1 Å². The summed E-state index contributed by atoms with van der Waals surface area (Å²) in [4.78, 5) is 35.0. The number of phenolic OH excluding ortho intramolecular Hbond substituents is 1. The molecular formula is C24H22O12. The summed E-state index contributed by atoms with van der Waals surface area (Å²) in [5.74, 6) is -2.33. The van der Waals surface area contributed by atoms with Crippen LogP contribution in [0.15, 0.2) is 57.9 Å². The Bertz CT molecular complexity index is 1310. The highest BCUT2D eigenvalue weighted by Crippen LogP contribution is 2.28. The van der Waals surface area contributed by atoms with Crippen LogP contribution in [0.1, 0.15) is 6.42 Å². The molecule has 5 atom stereocenters. The number of carbonyl (C=O) groups is 2. The van der Waals surface area contributed by atoms with E-state index in [0.29, 0.717) is 5.56 Å². The van der Waals surface area contributed by atoms with Crippen molar-refractivity contribution < 1.29 is 53.7 Å². The first-order chi connectivity index (χ1) is 17.1. The van der Waals surface area contributed by atoms with Crippen LogP contribution >= 0.6 is 0 Å². The van der Waals surface area contributed by atoms with Crippen molar-refractivity contribution in [1.82, 2.24) is 0 Å². The molecule has 3 aromatic rings. The minimum atomic E-state index is -1.72. The number of benzene rings is 2. The molecule has 1 saturated heterocycles. The number of aromatic hydroxyl groups is 1. The summed E-state index contributed by atoms with van der Waals surface area (Å²) < 4.78 is 21.4. The van der Waals surface area contributed by atoms with Crippen molar-refractivity contribution in [1.29, 1.82) is 0 Å². The summed E-state index contributed by atoms with van der Waals surface area (Å²) >= 11 is 0. The molecule has 0 saturated carbocycles. The van der Waals surface area contributed by atoms with Gasteiger partial charge in [-0.1, -0.05) is 12.1 Å². The monoisotopic (exact) mass is 502 g/mol. The number of hydrogen-bond acceptors (Lipinski definition) is 11. The molecule has 1 aliphatic rings. The van der Waals surface area contributed by atoms with Crippen molar-refractivity contribution in [2.24, 2.45) is 0 Å². The lowest BCUT2D eigenvalue weighted by Crippen LogP contribution is -2.60. The second kappa shape index (κ2) is 10.3. The molecule has 4 rings (SSSR count). The van der Waals surface area contributed by atoms with Gasteiger partial charge >= 0.3 is 11.9 Å². The van der Waals surface area contributed by atoms with E-state index in [4.69, 9.17) is 23.7 Å². The molecule has 12 nitrogen and oxygen atoms in total. The highest BCUT2D eigenvalue weighted by molar-refractivity contribution is 5.90. The summed E-state index contributed by atoms with van der Waals surface area (Å²) in [5, 5.41) is 48.9. The molecule has 2 aromatic carbocycles. The highest BCUT2D eigenvalue weighted by Gasteiger charge is 2.45. The third-order valence-corrected chi connectivity index (χ3v) is 5.55. The molecular weight excluding hydrogens is 480 g/mol. The Morgan fingerprint density at radius 1 is 0.972 bits per heavy atom. The number of aliphatic carboxylic acids is 1. The van der Waals surface area contributed by atoms with Gasteiger partial charge in [-0.2, -0.15) is 0 Å². The first-order valence-electron chi connectivity index (χ1n) is 10.7. The van der Waals surface area contributed by atoms with Crippen LogP contribution in [-0.4, -0.2) is 74.8 Å². The van der Waals surface area contributed by atoms with Gasteiger partial charge in [0, 0.05) is 6.07 Å². The molecule has 12 heteroatoms. The van der Waals surface area contributed by atoms with Crippen molar-refractivity contribution in [3.8, 4) is 22.6 Å². The van der Waals surface area contributed by atoms with Gasteiger partial charge < -0.3 is 44.2 Å². The average molecular weight is 502 g/mol. The van der Waals surface area contributed by atoms with Crippen LogP contribution < -0.4 is 10.2 Å². The second-order valence-electron chi connectivity index (χ2n) is 8.07. The van der Waals surface area contributed by atoms with Gasteiger partial charge in [-0.3, -0.25) is 14.4 Å². The van der Waals surface area contributed by atoms with Gasteiger partial charge in [-0.25, -0.2) is 0 Å². The topological polar surface area (TPSA) is 193 Å². The highest BCUT2D eigenvalue weighted by atomic mass is 16.7. The average Bonchev–Trinajstić information content (AvgIpc) is 2.84. The van der Waals surface area contributed by atoms with Crippen molar-refractivity contribution in [3.05, 3.63) is 59.0 Å². The van der Waals surface area contributed by atoms with Gasteiger partial charge in [0.2, 0.25) is 6.29 Å². The Labute approximate surface area is 202 Å². The largest absolute Gasteiger partial charge is 0.508 e. The molecule has 5 N–H and O–H groups in total. The molecule has 2 heterocycles. The zero-order valence-electron chi connectivity index (χ0n) is 18.5. The van der Waals surface area contributed by atoms with Gasteiger partial charge in [0.15, 0.2) is 5.43 Å². The predicted molar refractivity (Wildman–Crippen MR) is 120 cm³/mol. The standard InChI is InChI=1S/C24H22O12/c25-12-3-1-11(2-4-12)15-9-33-16-7-13(5-6-14(16)20(15)29)35-24-23(32)22(31)21(30)17(36-24)10-34-19(28)8-18(26)27/h1-7,9,17,21-25,30-32H,8,10H2,(H,26,27)/t17?,21-,22?,23+,24-/m1/s1. The number of carbonyl (C=O) groups excluding carboxylic acids is 1. The number of fused-ring (bicyclic) bond motifs is 1. The van der Waals surface area contributed by atoms with Gasteiger partial charge in [0.25, 0.3) is 0 Å². The van der Waals surface area contributed by atoms with Gasteiger partial charge in [0.05, 0.1) is 10.9 Å². The lowest BCUT2D eigenvalue weighted by Gasteiger charge is -2.39. The van der Waals surface area contributed by atoms with Crippen LogP contribution in [0.3, 0.4) is 0 Å². The molecule has 0 aliphatic carbocycles. The molecule has 0 spiro atoms. The van der Waals surface area contributed by atoms with Crippen molar-refractivity contribution in [2.75, 3.05) is 6.61 Å². The number of rotatable bonds is 7. The van der Waals surface area contributed by atoms with E-state index in [1.54, 1.807) is 12.1 Å². The fraction of sp³-hybridized carbons (Fsp3) is 0.292. The maximum absolute atomic E-state index is 12.9. The van der Waals surface area contributed by atoms with Crippen LogP contribution in [0.4, 0.5) is 0 Å². The molecule has 1 fully saturated rings. The first-order valence-corrected chi connectivity index (χ1v) is 10.7. The number of phenols is 1. The Balaban J connectivity index is 1.51. The Hall–Kier alpha value is -3.97. The van der Waals surface area contributed by atoms with E-state index in [9.17, 15) is 34.8 Å². The predicted octanol–water partition coefficient (Wildman–Crippen LogP) is 0.370. The van der Waals surface area contributed by atoms with E-state index in [1.165, 1.54) is 36.6 Å². The second-order valence-corrected chi connectivity index (χ2v) is 8.07. The SMILES string of the molecule is O=C(O)CC(=O)OCC1O[C@@H](Oc2ccc3c(=O)c(-c4ccc(O)cc4)coc3c2)[C@@H](O)C(O)[C@@H]1O. The fourth-order valence-corrected chi connectivity index (χ4v) is 3.66. The summed E-state index contributed by atoms with van der Waals surface area (Å²) in [7, 11) is 0. The van der Waals surface area contributed by atoms with E-state index in [0.717, 1.165) is 0 Å². The normalized spacial score (nSPS) is 23.8. The third-order valence-electron chi connectivity index (χ3n) is 5.55. The van der Waals surface area contributed by atoms with Crippen LogP contribution in [0.25, 0.3) is 22.1 Å². The maximum atomic E-state index is 12.9. The van der Waals surface area contributed by atoms with E-state index >= 15 is 0 Å². The molecule has 0 bridgehead atoms. The Morgan fingerprint density at radius 2 is 1.69 bits per heavy atom. The zero-order valence-corrected chi connectivity index (χ0v) is 18.5. The smallest absolute Gasteiger partial charge is 0.317 e. The third kappa shape index (κ3) is 5.31. The van der Waals surface area contributed by atoms with E-state index in [-0.39, 0.29) is 33.5 Å². The summed E-state index contributed by atoms with van der Waals surface area (Å²) in [6, 6.07) is 10.2. The quantitative estimate of drug-likeness (QED) is 0.220. The molecule has 0 amide bonds. The Morgan fingerprint density at radius 3 is 2.39 bits per heavy atom. The molecule has 2 unspecified atom stereocenters. The van der Waals surface area contributed by atoms with Gasteiger partial charge in [-0.05, 0) is 29.8 Å². The minimum absolute atomic E-state index is 0.0520. The first kappa shape index (κ1) is 25.1. The number of esters is 1. The number of aliphatic hydroxyl groups is 3. The summed E-state index contributed by atoms with van der Waals surface area (Å²) in [6.07, 6.45) is -7.53. The molecule has 1 aliphatic heterocycles. The van der Waals surface area contributed by atoms with Crippen LogP contribution in [0.2, 0.25) is 0 Å². The lowest BCUT2D eigenvalue weighted by atomic mass is 9.99. The Kier molecular flexibility index (Phi) is 7.22. The zero-order chi connectivity index (χ0) is 26.0. The summed E-state index contributed by atoms with van der Waals surface area (Å²) in [6.45, 7) is -0.594. The van der Waals surface area contributed by atoms with Crippen LogP contribution in [0.5, 0.6) is 11.5 Å². The maximum Gasteiger partial charge on any atom is 0.317 e. The molecule has 1 aromatic heterocycles. The van der Waals surface area contributed by atoms with Crippen LogP contribution in [0, 0.1) is 0 Å². The number of aliphatic hydroxyl groups excluding tert-OH is 3. The molecule has 190 valence electrons. The lowest BCUT2D eigenvalue weighted by molar-refractivity contribution is -0.278. The van der Waals surface area contributed by atoms with E-state index < -0.39 is 55.7 Å². The van der Waals surface area contributed by atoms with Crippen molar-refractivity contribution in [3.63, 3.8) is 0 Å². The van der Waals surface area contributed by atoms with E-state index in [2.05, 4.69) is 0 Å². The fourth-order valence-electron chi connectivity index (χ4n) is 3.66. The number of ether oxygens (including phenoxy) is 3. The molecule has 36 heavy (non-hydrogen) atoms.